The Labute approximate surface area is 114 Å². The van der Waals surface area contributed by atoms with Crippen LogP contribution in [0.25, 0.3) is 0 Å². The number of ether oxygens (including phenoxy) is 2. The van der Waals surface area contributed by atoms with Gasteiger partial charge < -0.3 is 9.47 Å². The van der Waals surface area contributed by atoms with Crippen molar-refractivity contribution in [2.75, 3.05) is 0 Å². The van der Waals surface area contributed by atoms with Gasteiger partial charge in [-0.3, -0.25) is 0 Å². The van der Waals surface area contributed by atoms with Gasteiger partial charge in [0.1, 0.15) is 11.9 Å². The zero-order valence-electron chi connectivity index (χ0n) is 10.9. The highest BCUT2D eigenvalue weighted by molar-refractivity contribution is 5.90. The standard InChI is InChI=1S/C14H15F3O3/c1-2-9-6-12(7-9)19-13(18)10-4-3-5-11(8-10)20-14(15,16)17/h3-5,8-9,12H,2,6-7H2,1H3. The van der Waals surface area contributed by atoms with E-state index in [1.165, 1.54) is 12.1 Å². The molecule has 0 bridgehead atoms. The monoisotopic (exact) mass is 288 g/mol. The first-order chi connectivity index (χ1) is 9.37. The lowest BCUT2D eigenvalue weighted by atomic mass is 9.80. The summed E-state index contributed by atoms with van der Waals surface area (Å²) in [5.74, 6) is -0.461. The molecule has 0 amide bonds. The third-order valence-corrected chi connectivity index (χ3v) is 3.35. The van der Waals surface area contributed by atoms with Gasteiger partial charge >= 0.3 is 12.3 Å². The summed E-state index contributed by atoms with van der Waals surface area (Å²) in [5.41, 5.74) is 0.0618. The third-order valence-electron chi connectivity index (χ3n) is 3.35. The maximum atomic E-state index is 12.1. The quantitative estimate of drug-likeness (QED) is 0.787. The second kappa shape index (κ2) is 5.73. The number of alkyl halides is 3. The van der Waals surface area contributed by atoms with Crippen molar-refractivity contribution in [2.45, 2.75) is 38.7 Å². The summed E-state index contributed by atoms with van der Waals surface area (Å²) in [6, 6.07) is 4.90. The maximum absolute atomic E-state index is 12.1. The molecule has 0 aromatic heterocycles. The van der Waals surface area contributed by atoms with E-state index in [-0.39, 0.29) is 11.7 Å². The summed E-state index contributed by atoms with van der Waals surface area (Å²) in [6.45, 7) is 2.07. The summed E-state index contributed by atoms with van der Waals surface area (Å²) in [4.78, 5) is 11.8. The molecule has 110 valence electrons. The number of benzene rings is 1. The number of hydrogen-bond donors (Lipinski definition) is 0. The van der Waals surface area contributed by atoms with E-state index >= 15 is 0 Å². The molecule has 1 fully saturated rings. The Hall–Kier alpha value is -1.72. The Morgan fingerprint density at radius 2 is 2.05 bits per heavy atom. The van der Waals surface area contributed by atoms with Gasteiger partial charge in [0.2, 0.25) is 0 Å². The largest absolute Gasteiger partial charge is 0.573 e. The second-order valence-electron chi connectivity index (χ2n) is 4.85. The van der Waals surface area contributed by atoms with E-state index in [2.05, 4.69) is 11.7 Å². The summed E-state index contributed by atoms with van der Waals surface area (Å²) < 4.78 is 45.3. The Morgan fingerprint density at radius 1 is 1.35 bits per heavy atom. The van der Waals surface area contributed by atoms with Crippen LogP contribution in [0.2, 0.25) is 0 Å². The van der Waals surface area contributed by atoms with Gasteiger partial charge in [-0.25, -0.2) is 4.79 Å². The average Bonchev–Trinajstić information content (AvgIpc) is 2.31. The topological polar surface area (TPSA) is 35.5 Å². The molecule has 1 aliphatic carbocycles. The van der Waals surface area contributed by atoms with Gasteiger partial charge in [-0.05, 0) is 37.0 Å². The van der Waals surface area contributed by atoms with Crippen molar-refractivity contribution in [3.8, 4) is 5.75 Å². The van der Waals surface area contributed by atoms with Crippen molar-refractivity contribution in [1.29, 1.82) is 0 Å². The molecule has 1 aliphatic rings. The van der Waals surface area contributed by atoms with Crippen molar-refractivity contribution >= 4 is 5.97 Å². The predicted octanol–water partition coefficient (Wildman–Crippen LogP) is 3.93. The van der Waals surface area contributed by atoms with Gasteiger partial charge in [0.05, 0.1) is 5.56 Å². The first-order valence-corrected chi connectivity index (χ1v) is 6.44. The Bertz CT molecular complexity index is 479. The van der Waals surface area contributed by atoms with Crippen LogP contribution in [0.15, 0.2) is 24.3 Å². The fourth-order valence-electron chi connectivity index (χ4n) is 2.14. The van der Waals surface area contributed by atoms with E-state index in [0.29, 0.717) is 5.92 Å². The molecule has 0 N–H and O–H groups in total. The number of hydrogen-bond acceptors (Lipinski definition) is 3. The molecule has 20 heavy (non-hydrogen) atoms. The Kier molecular flexibility index (Phi) is 4.20. The van der Waals surface area contributed by atoms with Gasteiger partial charge in [-0.2, -0.15) is 0 Å². The van der Waals surface area contributed by atoms with Crippen molar-refractivity contribution in [3.63, 3.8) is 0 Å². The molecular formula is C14H15F3O3. The zero-order valence-corrected chi connectivity index (χ0v) is 10.9. The first-order valence-electron chi connectivity index (χ1n) is 6.44. The Balaban J connectivity index is 1.95. The summed E-state index contributed by atoms with van der Waals surface area (Å²) >= 11 is 0. The fourth-order valence-corrected chi connectivity index (χ4v) is 2.14. The Morgan fingerprint density at radius 3 is 2.65 bits per heavy atom. The molecule has 0 spiro atoms. The van der Waals surface area contributed by atoms with E-state index in [4.69, 9.17) is 4.74 Å². The lowest BCUT2D eigenvalue weighted by Crippen LogP contribution is -2.32. The number of rotatable bonds is 4. The van der Waals surface area contributed by atoms with Crippen LogP contribution in [0.4, 0.5) is 13.2 Å². The van der Waals surface area contributed by atoms with Crippen LogP contribution in [0.5, 0.6) is 5.75 Å². The molecule has 1 saturated carbocycles. The van der Waals surface area contributed by atoms with E-state index < -0.39 is 18.1 Å². The molecule has 0 unspecified atom stereocenters. The second-order valence-corrected chi connectivity index (χ2v) is 4.85. The number of carbonyl (C=O) groups is 1. The van der Waals surface area contributed by atoms with E-state index in [1.54, 1.807) is 0 Å². The van der Waals surface area contributed by atoms with Gasteiger partial charge in [0, 0.05) is 0 Å². The summed E-state index contributed by atoms with van der Waals surface area (Å²) in [7, 11) is 0. The van der Waals surface area contributed by atoms with Crippen LogP contribution in [-0.4, -0.2) is 18.4 Å². The zero-order chi connectivity index (χ0) is 14.8. The lowest BCUT2D eigenvalue weighted by Gasteiger charge is -2.33. The molecule has 6 heteroatoms. The van der Waals surface area contributed by atoms with Crippen molar-refractivity contribution in [1.82, 2.24) is 0 Å². The molecule has 0 radical (unpaired) electrons. The summed E-state index contributed by atoms with van der Waals surface area (Å²) in [6.07, 6.45) is -2.21. The highest BCUT2D eigenvalue weighted by Gasteiger charge is 2.32. The molecule has 1 aromatic rings. The van der Waals surface area contributed by atoms with Crippen molar-refractivity contribution in [3.05, 3.63) is 29.8 Å². The van der Waals surface area contributed by atoms with Gasteiger partial charge in [0.15, 0.2) is 0 Å². The van der Waals surface area contributed by atoms with Crippen LogP contribution in [0.3, 0.4) is 0 Å². The average molecular weight is 288 g/mol. The number of carbonyl (C=O) groups excluding carboxylic acids is 1. The predicted molar refractivity (Wildman–Crippen MR) is 65.3 cm³/mol. The normalized spacial score (nSPS) is 22.0. The lowest BCUT2D eigenvalue weighted by molar-refractivity contribution is -0.274. The minimum absolute atomic E-state index is 0.0618. The van der Waals surface area contributed by atoms with Gasteiger partial charge in [0.25, 0.3) is 0 Å². The highest BCUT2D eigenvalue weighted by atomic mass is 19.4. The van der Waals surface area contributed by atoms with Crippen LogP contribution in [-0.2, 0) is 4.74 Å². The van der Waals surface area contributed by atoms with E-state index in [9.17, 15) is 18.0 Å². The molecule has 2 rings (SSSR count). The van der Waals surface area contributed by atoms with Crippen LogP contribution in [0.1, 0.15) is 36.5 Å². The van der Waals surface area contributed by atoms with Gasteiger partial charge in [-0.1, -0.05) is 19.4 Å². The molecule has 0 heterocycles. The third kappa shape index (κ3) is 3.88. The van der Waals surface area contributed by atoms with E-state index in [0.717, 1.165) is 31.4 Å². The maximum Gasteiger partial charge on any atom is 0.573 e. The molecular weight excluding hydrogens is 273 g/mol. The molecule has 0 atom stereocenters. The van der Waals surface area contributed by atoms with Crippen LogP contribution in [0, 0.1) is 5.92 Å². The minimum Gasteiger partial charge on any atom is -0.459 e. The molecule has 1 aromatic carbocycles. The van der Waals surface area contributed by atoms with Crippen LogP contribution < -0.4 is 4.74 Å². The molecule has 0 aliphatic heterocycles. The first kappa shape index (κ1) is 14.7. The SMILES string of the molecule is CCC1CC(OC(=O)c2cccc(OC(F)(F)F)c2)C1. The number of halogens is 3. The number of esters is 1. The van der Waals surface area contributed by atoms with Crippen LogP contribution >= 0.6 is 0 Å². The van der Waals surface area contributed by atoms with Crippen molar-refractivity contribution < 1.29 is 27.4 Å². The van der Waals surface area contributed by atoms with Crippen molar-refractivity contribution in [2.24, 2.45) is 5.92 Å². The smallest absolute Gasteiger partial charge is 0.459 e. The highest BCUT2D eigenvalue weighted by Crippen LogP contribution is 2.33. The summed E-state index contributed by atoms with van der Waals surface area (Å²) in [5, 5.41) is 0. The minimum atomic E-state index is -4.77. The van der Waals surface area contributed by atoms with Gasteiger partial charge in [-0.15, -0.1) is 13.2 Å². The molecule has 0 saturated heterocycles. The molecule has 3 nitrogen and oxygen atoms in total. The van der Waals surface area contributed by atoms with E-state index in [1.807, 2.05) is 0 Å². The fraction of sp³-hybridized carbons (Fsp3) is 0.500.